The van der Waals surface area contributed by atoms with E-state index >= 15 is 0 Å². The van der Waals surface area contributed by atoms with Crippen LogP contribution in [0, 0.1) is 0 Å². The molecule has 1 aromatic rings. The molecule has 0 radical (unpaired) electrons. The largest absolute Gasteiger partial charge is 0.341 e. The van der Waals surface area contributed by atoms with Crippen LogP contribution in [-0.4, -0.2) is 11.3 Å². The van der Waals surface area contributed by atoms with Gasteiger partial charge in [-0.2, -0.15) is 0 Å². The SMILES string of the molecule is S=C1NNC(/C=C/c2ccc(Cl)cc2)N1. The summed E-state index contributed by atoms with van der Waals surface area (Å²) in [4.78, 5) is 0. The molecule has 0 spiro atoms. The molecule has 0 amide bonds. The molecular formula is C10H10ClN3S. The molecule has 0 aromatic heterocycles. The van der Waals surface area contributed by atoms with Crippen molar-refractivity contribution in [3.05, 3.63) is 40.9 Å². The van der Waals surface area contributed by atoms with E-state index in [2.05, 4.69) is 16.2 Å². The van der Waals surface area contributed by atoms with Crippen LogP contribution in [0.15, 0.2) is 30.3 Å². The summed E-state index contributed by atoms with van der Waals surface area (Å²) >= 11 is 10.7. The smallest absolute Gasteiger partial charge is 0.182 e. The predicted molar refractivity (Wildman–Crippen MR) is 66.3 cm³/mol. The average molecular weight is 240 g/mol. The van der Waals surface area contributed by atoms with E-state index in [4.69, 9.17) is 23.8 Å². The molecule has 1 aliphatic heterocycles. The van der Waals surface area contributed by atoms with Crippen LogP contribution in [0.25, 0.3) is 6.08 Å². The van der Waals surface area contributed by atoms with E-state index in [1.165, 1.54) is 0 Å². The Morgan fingerprint density at radius 2 is 2.00 bits per heavy atom. The zero-order chi connectivity index (χ0) is 10.7. The molecule has 1 aliphatic rings. The van der Waals surface area contributed by atoms with Crippen molar-refractivity contribution in [2.75, 3.05) is 0 Å². The van der Waals surface area contributed by atoms with Crippen LogP contribution >= 0.6 is 23.8 Å². The highest BCUT2D eigenvalue weighted by Crippen LogP contribution is 2.10. The van der Waals surface area contributed by atoms with Gasteiger partial charge >= 0.3 is 0 Å². The maximum atomic E-state index is 5.78. The van der Waals surface area contributed by atoms with Crippen molar-refractivity contribution in [2.24, 2.45) is 0 Å². The van der Waals surface area contributed by atoms with Crippen molar-refractivity contribution < 1.29 is 0 Å². The first-order valence-corrected chi connectivity index (χ1v) is 5.28. The monoisotopic (exact) mass is 239 g/mol. The summed E-state index contributed by atoms with van der Waals surface area (Å²) in [5.74, 6) is 0. The average Bonchev–Trinajstić information content (AvgIpc) is 2.64. The van der Waals surface area contributed by atoms with E-state index in [-0.39, 0.29) is 6.17 Å². The van der Waals surface area contributed by atoms with Crippen LogP contribution in [0.2, 0.25) is 5.02 Å². The quantitative estimate of drug-likeness (QED) is 0.687. The summed E-state index contributed by atoms with van der Waals surface area (Å²) < 4.78 is 0. The summed E-state index contributed by atoms with van der Waals surface area (Å²) in [6, 6.07) is 7.64. The lowest BCUT2D eigenvalue weighted by Gasteiger charge is -2.01. The Labute approximate surface area is 98.5 Å². The number of nitrogens with one attached hydrogen (secondary N) is 3. The summed E-state index contributed by atoms with van der Waals surface area (Å²) in [7, 11) is 0. The number of hydrazine groups is 1. The molecule has 1 saturated heterocycles. The van der Waals surface area contributed by atoms with Gasteiger partial charge in [0.15, 0.2) is 5.11 Å². The minimum atomic E-state index is 0.0354. The van der Waals surface area contributed by atoms with Crippen molar-refractivity contribution >= 4 is 35.0 Å². The standard InChI is InChI=1S/C10H10ClN3S/c11-8-4-1-7(2-5-8)3-6-9-12-10(15)14-13-9/h1-6,9,13H,(H2,12,14,15)/b6-3+. The molecule has 3 nitrogen and oxygen atoms in total. The highest BCUT2D eigenvalue weighted by Gasteiger charge is 2.11. The first kappa shape index (κ1) is 10.4. The first-order chi connectivity index (χ1) is 7.24. The minimum absolute atomic E-state index is 0.0354. The highest BCUT2D eigenvalue weighted by molar-refractivity contribution is 7.80. The minimum Gasteiger partial charge on any atom is -0.341 e. The maximum Gasteiger partial charge on any atom is 0.182 e. The molecule has 15 heavy (non-hydrogen) atoms. The van der Waals surface area contributed by atoms with Crippen LogP contribution in [-0.2, 0) is 0 Å². The second-order valence-electron chi connectivity index (χ2n) is 3.13. The summed E-state index contributed by atoms with van der Waals surface area (Å²) in [5.41, 5.74) is 6.88. The Hall–Kier alpha value is -1.10. The third-order valence-electron chi connectivity index (χ3n) is 1.98. The van der Waals surface area contributed by atoms with Gasteiger partial charge in [-0.25, -0.2) is 5.43 Å². The molecule has 1 aromatic carbocycles. The van der Waals surface area contributed by atoms with Gasteiger partial charge in [0, 0.05) is 5.02 Å². The molecule has 0 aliphatic carbocycles. The van der Waals surface area contributed by atoms with Gasteiger partial charge in [0.2, 0.25) is 0 Å². The predicted octanol–water partition coefficient (Wildman–Crippen LogP) is 1.66. The molecule has 3 N–H and O–H groups in total. The van der Waals surface area contributed by atoms with Gasteiger partial charge in [0.1, 0.15) is 6.17 Å². The third-order valence-corrected chi connectivity index (χ3v) is 2.45. The van der Waals surface area contributed by atoms with Crippen LogP contribution in [0.5, 0.6) is 0 Å². The lowest BCUT2D eigenvalue weighted by Crippen LogP contribution is -2.31. The topological polar surface area (TPSA) is 36.1 Å². The zero-order valence-electron chi connectivity index (χ0n) is 7.83. The molecule has 0 saturated carbocycles. The van der Waals surface area contributed by atoms with Crippen molar-refractivity contribution in [3.63, 3.8) is 0 Å². The van der Waals surface area contributed by atoms with Gasteiger partial charge in [-0.1, -0.05) is 29.8 Å². The molecular weight excluding hydrogens is 230 g/mol. The molecule has 78 valence electrons. The number of hydrogen-bond acceptors (Lipinski definition) is 2. The Bertz CT molecular complexity index is 388. The van der Waals surface area contributed by atoms with E-state index in [0.717, 1.165) is 10.6 Å². The van der Waals surface area contributed by atoms with Gasteiger partial charge in [-0.05, 0) is 36.0 Å². The molecule has 1 fully saturated rings. The summed E-state index contributed by atoms with van der Waals surface area (Å²) in [6.45, 7) is 0. The molecule has 2 rings (SSSR count). The fourth-order valence-electron chi connectivity index (χ4n) is 1.23. The summed E-state index contributed by atoms with van der Waals surface area (Å²) in [6.07, 6.45) is 4.01. The first-order valence-electron chi connectivity index (χ1n) is 4.50. The fourth-order valence-corrected chi connectivity index (χ4v) is 1.55. The van der Waals surface area contributed by atoms with Gasteiger partial charge in [0.05, 0.1) is 0 Å². The van der Waals surface area contributed by atoms with Crippen LogP contribution < -0.4 is 16.2 Å². The zero-order valence-corrected chi connectivity index (χ0v) is 9.40. The molecule has 5 heteroatoms. The van der Waals surface area contributed by atoms with Crippen molar-refractivity contribution in [3.8, 4) is 0 Å². The Balaban J connectivity index is 1.99. The molecule has 1 atom stereocenters. The van der Waals surface area contributed by atoms with E-state index < -0.39 is 0 Å². The fraction of sp³-hybridized carbons (Fsp3) is 0.100. The van der Waals surface area contributed by atoms with E-state index in [1.54, 1.807) is 0 Å². The van der Waals surface area contributed by atoms with Crippen molar-refractivity contribution in [2.45, 2.75) is 6.17 Å². The molecule has 1 heterocycles. The second-order valence-corrected chi connectivity index (χ2v) is 3.98. The third kappa shape index (κ3) is 2.92. The van der Waals surface area contributed by atoms with Crippen LogP contribution in [0.1, 0.15) is 5.56 Å². The Morgan fingerprint density at radius 3 is 2.60 bits per heavy atom. The lowest BCUT2D eigenvalue weighted by atomic mass is 10.2. The van der Waals surface area contributed by atoms with Crippen molar-refractivity contribution in [1.82, 2.24) is 16.2 Å². The van der Waals surface area contributed by atoms with Gasteiger partial charge in [-0.15, -0.1) is 0 Å². The Kier molecular flexibility index (Phi) is 3.20. The normalized spacial score (nSPS) is 20.3. The number of hydrogen-bond donors (Lipinski definition) is 3. The van der Waals surface area contributed by atoms with E-state index in [9.17, 15) is 0 Å². The van der Waals surface area contributed by atoms with Crippen LogP contribution in [0.3, 0.4) is 0 Å². The highest BCUT2D eigenvalue weighted by atomic mass is 35.5. The van der Waals surface area contributed by atoms with Gasteiger partial charge in [-0.3, -0.25) is 5.43 Å². The second kappa shape index (κ2) is 4.61. The number of rotatable bonds is 2. The Morgan fingerprint density at radius 1 is 1.27 bits per heavy atom. The number of thiocarbonyl (C=S) groups is 1. The maximum absolute atomic E-state index is 5.78. The number of halogens is 1. The summed E-state index contributed by atoms with van der Waals surface area (Å²) in [5, 5.41) is 4.39. The van der Waals surface area contributed by atoms with E-state index in [1.807, 2.05) is 36.4 Å². The lowest BCUT2D eigenvalue weighted by molar-refractivity contribution is 0.621. The van der Waals surface area contributed by atoms with E-state index in [0.29, 0.717) is 5.11 Å². The molecule has 0 bridgehead atoms. The van der Waals surface area contributed by atoms with Crippen molar-refractivity contribution in [1.29, 1.82) is 0 Å². The number of benzene rings is 1. The van der Waals surface area contributed by atoms with Crippen LogP contribution in [0.4, 0.5) is 0 Å². The van der Waals surface area contributed by atoms with Gasteiger partial charge < -0.3 is 5.32 Å². The molecule has 1 unspecified atom stereocenters. The van der Waals surface area contributed by atoms with Gasteiger partial charge in [0.25, 0.3) is 0 Å².